The first-order valence-electron chi connectivity index (χ1n) is 11.6. The standard InChI is InChI=1S/C28H27FN2O4/c1-3-4-15-35-22-9-7-20(8-10-22)25-24(26(32)21-6-5-18(2)23(29)16-21)27(33)28(34)31(25)17-19-11-13-30-14-12-19/h5-14,16,25,32H,3-4,15,17H2,1-2H3/b26-24+. The van der Waals surface area contributed by atoms with Crippen molar-refractivity contribution in [2.24, 2.45) is 0 Å². The number of hydrogen-bond acceptors (Lipinski definition) is 5. The average molecular weight is 475 g/mol. The largest absolute Gasteiger partial charge is 0.507 e. The highest BCUT2D eigenvalue weighted by Gasteiger charge is 2.46. The van der Waals surface area contributed by atoms with Gasteiger partial charge >= 0.3 is 0 Å². The maximum atomic E-state index is 14.2. The van der Waals surface area contributed by atoms with Gasteiger partial charge in [0.05, 0.1) is 18.2 Å². The number of pyridine rings is 1. The predicted octanol–water partition coefficient (Wildman–Crippen LogP) is 5.33. The summed E-state index contributed by atoms with van der Waals surface area (Å²) in [5.41, 5.74) is 1.89. The molecule has 1 aliphatic rings. The van der Waals surface area contributed by atoms with Gasteiger partial charge in [0, 0.05) is 24.5 Å². The highest BCUT2D eigenvalue weighted by atomic mass is 19.1. The lowest BCUT2D eigenvalue weighted by Gasteiger charge is -2.25. The quantitative estimate of drug-likeness (QED) is 0.207. The fourth-order valence-electron chi connectivity index (χ4n) is 4.05. The molecule has 1 amide bonds. The number of carbonyl (C=O) groups is 2. The SMILES string of the molecule is CCCCOc1ccc(C2/C(=C(\O)c3ccc(C)c(F)c3)C(=O)C(=O)N2Cc2ccncc2)cc1. The lowest BCUT2D eigenvalue weighted by Crippen LogP contribution is -2.29. The molecular formula is C28H27FN2O4. The number of amides is 1. The summed E-state index contributed by atoms with van der Waals surface area (Å²) in [5, 5.41) is 11.1. The molecule has 0 saturated carbocycles. The van der Waals surface area contributed by atoms with Crippen LogP contribution in [0.2, 0.25) is 0 Å². The van der Waals surface area contributed by atoms with Crippen LogP contribution in [0.4, 0.5) is 4.39 Å². The first-order valence-corrected chi connectivity index (χ1v) is 11.6. The van der Waals surface area contributed by atoms with Gasteiger partial charge in [0.15, 0.2) is 0 Å². The van der Waals surface area contributed by atoms with Crippen molar-refractivity contribution in [3.05, 3.63) is 101 Å². The van der Waals surface area contributed by atoms with Crippen LogP contribution in [0, 0.1) is 12.7 Å². The number of aromatic nitrogens is 1. The number of rotatable bonds is 8. The van der Waals surface area contributed by atoms with Gasteiger partial charge in [-0.15, -0.1) is 0 Å². The third kappa shape index (κ3) is 5.09. The van der Waals surface area contributed by atoms with Crippen LogP contribution in [0.5, 0.6) is 5.75 Å². The smallest absolute Gasteiger partial charge is 0.295 e. The monoisotopic (exact) mass is 474 g/mol. The Morgan fingerprint density at radius 1 is 1.09 bits per heavy atom. The van der Waals surface area contributed by atoms with Crippen LogP contribution in [0.3, 0.4) is 0 Å². The number of unbranched alkanes of at least 4 members (excludes halogenated alkanes) is 1. The Labute approximate surface area is 203 Å². The van der Waals surface area contributed by atoms with Gasteiger partial charge in [0.25, 0.3) is 11.7 Å². The highest BCUT2D eigenvalue weighted by molar-refractivity contribution is 6.46. The van der Waals surface area contributed by atoms with Crippen molar-refractivity contribution in [1.29, 1.82) is 0 Å². The number of likely N-dealkylation sites (tertiary alicyclic amines) is 1. The van der Waals surface area contributed by atoms with Gasteiger partial charge in [0.2, 0.25) is 0 Å². The Bertz CT molecular complexity index is 1260. The summed E-state index contributed by atoms with van der Waals surface area (Å²) in [6.07, 6.45) is 5.17. The normalized spacial score (nSPS) is 17.1. The molecule has 1 N–H and O–H groups in total. The Hall–Kier alpha value is -4.00. The van der Waals surface area contributed by atoms with E-state index >= 15 is 0 Å². The molecule has 1 fully saturated rings. The van der Waals surface area contributed by atoms with Crippen molar-refractivity contribution < 1.29 is 23.8 Å². The number of aliphatic hydroxyl groups is 1. The summed E-state index contributed by atoms with van der Waals surface area (Å²) in [7, 11) is 0. The van der Waals surface area contributed by atoms with Crippen molar-refractivity contribution in [1.82, 2.24) is 9.88 Å². The minimum absolute atomic E-state index is 0.0769. The highest BCUT2D eigenvalue weighted by Crippen LogP contribution is 2.40. The summed E-state index contributed by atoms with van der Waals surface area (Å²) in [6, 6.07) is 14.0. The van der Waals surface area contributed by atoms with E-state index < -0.39 is 29.3 Å². The van der Waals surface area contributed by atoms with Crippen LogP contribution in [0.1, 0.15) is 48.1 Å². The molecule has 180 valence electrons. The zero-order valence-electron chi connectivity index (χ0n) is 19.7. The molecule has 35 heavy (non-hydrogen) atoms. The first kappa shape index (κ1) is 24.1. The number of nitrogens with zero attached hydrogens (tertiary/aromatic N) is 2. The van der Waals surface area contributed by atoms with Crippen molar-refractivity contribution in [2.75, 3.05) is 6.61 Å². The van der Waals surface area contributed by atoms with Gasteiger partial charge in [-0.3, -0.25) is 14.6 Å². The zero-order valence-corrected chi connectivity index (χ0v) is 19.7. The van der Waals surface area contributed by atoms with Crippen LogP contribution < -0.4 is 4.74 Å². The number of halogens is 1. The topological polar surface area (TPSA) is 79.7 Å². The minimum Gasteiger partial charge on any atom is -0.507 e. The minimum atomic E-state index is -0.850. The summed E-state index contributed by atoms with van der Waals surface area (Å²) < 4.78 is 20.0. The second kappa shape index (κ2) is 10.5. The molecule has 0 bridgehead atoms. The lowest BCUT2D eigenvalue weighted by atomic mass is 9.94. The number of ketones is 1. The molecule has 1 atom stereocenters. The second-order valence-corrected chi connectivity index (χ2v) is 8.52. The molecule has 1 aromatic heterocycles. The van der Waals surface area contributed by atoms with Crippen LogP contribution in [0.25, 0.3) is 5.76 Å². The third-order valence-electron chi connectivity index (χ3n) is 6.05. The zero-order chi connectivity index (χ0) is 24.9. The third-order valence-corrected chi connectivity index (χ3v) is 6.05. The lowest BCUT2D eigenvalue weighted by molar-refractivity contribution is -0.140. The fraction of sp³-hybridized carbons (Fsp3) is 0.250. The van der Waals surface area contributed by atoms with E-state index in [1.54, 1.807) is 55.7 Å². The number of Topliss-reactive ketones (excluding diaryl/α,β-unsaturated/α-hetero) is 1. The first-order chi connectivity index (χ1) is 16.9. The molecule has 1 saturated heterocycles. The molecule has 4 rings (SSSR count). The Balaban J connectivity index is 1.78. The number of aliphatic hydroxyl groups excluding tert-OH is 1. The summed E-state index contributed by atoms with van der Waals surface area (Å²) >= 11 is 0. The molecule has 0 aliphatic carbocycles. The molecule has 6 nitrogen and oxygen atoms in total. The fourth-order valence-corrected chi connectivity index (χ4v) is 4.05. The Morgan fingerprint density at radius 3 is 2.46 bits per heavy atom. The summed E-state index contributed by atoms with van der Waals surface area (Å²) in [6.45, 7) is 4.43. The Morgan fingerprint density at radius 2 is 1.80 bits per heavy atom. The van der Waals surface area contributed by atoms with E-state index in [9.17, 15) is 19.1 Å². The van der Waals surface area contributed by atoms with Crippen molar-refractivity contribution in [3.8, 4) is 5.75 Å². The number of aryl methyl sites for hydroxylation is 1. The van der Waals surface area contributed by atoms with E-state index in [1.807, 2.05) is 0 Å². The molecular weight excluding hydrogens is 447 g/mol. The molecule has 7 heteroatoms. The summed E-state index contributed by atoms with van der Waals surface area (Å²) in [4.78, 5) is 31.7. The average Bonchev–Trinajstić information content (AvgIpc) is 3.11. The number of benzene rings is 2. The molecule has 3 aromatic rings. The van der Waals surface area contributed by atoms with Crippen molar-refractivity contribution in [3.63, 3.8) is 0 Å². The van der Waals surface area contributed by atoms with Crippen LogP contribution >= 0.6 is 0 Å². The van der Waals surface area contributed by atoms with Gasteiger partial charge in [-0.25, -0.2) is 4.39 Å². The van der Waals surface area contributed by atoms with E-state index in [2.05, 4.69) is 11.9 Å². The maximum absolute atomic E-state index is 14.2. The summed E-state index contributed by atoms with van der Waals surface area (Å²) in [5.74, 6) is -1.79. The Kier molecular flexibility index (Phi) is 7.25. The van der Waals surface area contributed by atoms with E-state index in [0.717, 1.165) is 18.4 Å². The van der Waals surface area contributed by atoms with Crippen molar-refractivity contribution >= 4 is 17.4 Å². The van der Waals surface area contributed by atoms with E-state index in [0.29, 0.717) is 23.5 Å². The number of ether oxygens (including phenoxy) is 1. The van der Waals surface area contributed by atoms with E-state index in [1.165, 1.54) is 23.1 Å². The van der Waals surface area contributed by atoms with Crippen LogP contribution in [-0.4, -0.2) is 33.3 Å². The van der Waals surface area contributed by atoms with Gasteiger partial charge in [0.1, 0.15) is 17.3 Å². The molecule has 0 radical (unpaired) electrons. The molecule has 2 aromatic carbocycles. The van der Waals surface area contributed by atoms with Crippen LogP contribution in [-0.2, 0) is 16.1 Å². The van der Waals surface area contributed by atoms with E-state index in [4.69, 9.17) is 4.74 Å². The molecule has 2 heterocycles. The van der Waals surface area contributed by atoms with Gasteiger partial charge < -0.3 is 14.7 Å². The molecule has 1 aliphatic heterocycles. The molecule has 0 spiro atoms. The van der Waals surface area contributed by atoms with Gasteiger partial charge in [-0.2, -0.15) is 0 Å². The van der Waals surface area contributed by atoms with E-state index in [-0.39, 0.29) is 17.7 Å². The van der Waals surface area contributed by atoms with Gasteiger partial charge in [-0.1, -0.05) is 37.6 Å². The number of hydrogen-bond donors (Lipinski definition) is 1. The number of carbonyl (C=O) groups excluding carboxylic acids is 2. The van der Waals surface area contributed by atoms with Crippen LogP contribution in [0.15, 0.2) is 72.6 Å². The second-order valence-electron chi connectivity index (χ2n) is 8.52. The molecule has 1 unspecified atom stereocenters. The predicted molar refractivity (Wildman–Crippen MR) is 130 cm³/mol. The maximum Gasteiger partial charge on any atom is 0.295 e. The van der Waals surface area contributed by atoms with Crippen molar-refractivity contribution in [2.45, 2.75) is 39.3 Å². The van der Waals surface area contributed by atoms with Gasteiger partial charge in [-0.05, 0) is 60.4 Å².